The summed E-state index contributed by atoms with van der Waals surface area (Å²) in [5, 5.41) is 3.22. The van der Waals surface area contributed by atoms with E-state index in [4.69, 9.17) is 9.47 Å². The Morgan fingerprint density at radius 2 is 1.85 bits per heavy atom. The summed E-state index contributed by atoms with van der Waals surface area (Å²) >= 11 is 0. The zero-order chi connectivity index (χ0) is 18.2. The molecule has 3 rings (SSSR count). The van der Waals surface area contributed by atoms with Crippen molar-refractivity contribution < 1.29 is 9.47 Å². The van der Waals surface area contributed by atoms with E-state index in [0.717, 1.165) is 43.1 Å². The van der Waals surface area contributed by atoms with Gasteiger partial charge in [0.1, 0.15) is 5.75 Å². The van der Waals surface area contributed by atoms with E-state index in [2.05, 4.69) is 41.2 Å². The molecule has 0 spiro atoms. The lowest BCUT2D eigenvalue weighted by molar-refractivity contribution is 0.311. The quantitative estimate of drug-likeness (QED) is 0.446. The van der Waals surface area contributed by atoms with E-state index in [1.807, 2.05) is 30.3 Å². The average molecular weight is 350 g/mol. The van der Waals surface area contributed by atoms with Crippen LogP contribution in [0.2, 0.25) is 0 Å². The molecule has 0 atom stereocenters. The number of hydrogen-bond donors (Lipinski definition) is 1. The molecule has 1 aliphatic rings. The number of methoxy groups -OCH3 is 1. The van der Waals surface area contributed by atoms with Crippen molar-refractivity contribution in [1.29, 1.82) is 0 Å². The minimum absolute atomic E-state index is 0.351. The normalized spacial score (nSPS) is 14.6. The maximum absolute atomic E-state index is 5.83. The Morgan fingerprint density at radius 3 is 2.46 bits per heavy atom. The topological polar surface area (TPSA) is 42.8 Å². The Morgan fingerprint density at radius 1 is 1.12 bits per heavy atom. The average Bonchev–Trinajstić information content (AvgIpc) is 2.64. The number of rotatable bonds is 8. The van der Waals surface area contributed by atoms with Crippen LogP contribution in [0.25, 0.3) is 5.70 Å². The predicted octanol–water partition coefficient (Wildman–Crippen LogP) is 3.93. The first kappa shape index (κ1) is 18.2. The molecule has 0 bridgehead atoms. The van der Waals surface area contributed by atoms with E-state index in [0.29, 0.717) is 18.2 Å². The fourth-order valence-electron chi connectivity index (χ4n) is 2.82. The van der Waals surface area contributed by atoms with Crippen molar-refractivity contribution in [2.75, 3.05) is 26.8 Å². The van der Waals surface area contributed by atoms with Gasteiger partial charge in [-0.15, -0.1) is 0 Å². The molecule has 1 saturated heterocycles. The van der Waals surface area contributed by atoms with Crippen LogP contribution in [0.5, 0.6) is 5.75 Å². The van der Waals surface area contributed by atoms with Crippen LogP contribution in [0.15, 0.2) is 66.2 Å². The minimum Gasteiger partial charge on any atom is -0.494 e. The highest BCUT2D eigenvalue weighted by molar-refractivity contribution is 5.86. The van der Waals surface area contributed by atoms with Crippen molar-refractivity contribution in [3.8, 4) is 5.75 Å². The highest BCUT2D eigenvalue weighted by atomic mass is 16.5. The molecule has 0 radical (unpaired) electrons. The van der Waals surface area contributed by atoms with Crippen molar-refractivity contribution in [1.82, 2.24) is 5.32 Å². The Balaban J connectivity index is 1.48. The van der Waals surface area contributed by atoms with Gasteiger partial charge in [-0.3, -0.25) is 0 Å². The molecule has 136 valence electrons. The third kappa shape index (κ3) is 4.96. The maximum atomic E-state index is 5.83. The largest absolute Gasteiger partial charge is 0.494 e. The zero-order valence-corrected chi connectivity index (χ0v) is 15.3. The van der Waals surface area contributed by atoms with Gasteiger partial charge in [0.2, 0.25) is 0 Å². The standard InChI is InChI=1S/C22H26N2O2/c1-17(24-22(25-2)20-15-23-16-20)19-10-12-21(13-11-19)26-14-6-9-18-7-4-3-5-8-18/h3-5,7-8,10-13,20,23H,1,6,9,14-16H2,2H3. The second-order valence-electron chi connectivity index (χ2n) is 6.42. The van der Waals surface area contributed by atoms with Gasteiger partial charge in [-0.1, -0.05) is 36.9 Å². The summed E-state index contributed by atoms with van der Waals surface area (Å²) in [5.74, 6) is 1.97. The number of aliphatic imine (C=N–C) groups is 1. The predicted molar refractivity (Wildman–Crippen MR) is 107 cm³/mol. The minimum atomic E-state index is 0.351. The number of hydrogen-bond acceptors (Lipinski definition) is 4. The Labute approximate surface area is 155 Å². The number of aryl methyl sites for hydroxylation is 1. The molecule has 0 aromatic heterocycles. The van der Waals surface area contributed by atoms with E-state index in [-0.39, 0.29) is 0 Å². The van der Waals surface area contributed by atoms with Crippen LogP contribution >= 0.6 is 0 Å². The van der Waals surface area contributed by atoms with Gasteiger partial charge >= 0.3 is 0 Å². The van der Waals surface area contributed by atoms with Crippen LogP contribution in [0.1, 0.15) is 17.5 Å². The molecular weight excluding hydrogens is 324 g/mol. The molecule has 4 heteroatoms. The lowest BCUT2D eigenvalue weighted by Gasteiger charge is -2.27. The van der Waals surface area contributed by atoms with Crippen LogP contribution in [0.4, 0.5) is 0 Å². The van der Waals surface area contributed by atoms with Gasteiger partial charge < -0.3 is 14.8 Å². The molecule has 1 aliphatic heterocycles. The van der Waals surface area contributed by atoms with Crippen LogP contribution in [0.3, 0.4) is 0 Å². The monoisotopic (exact) mass is 350 g/mol. The van der Waals surface area contributed by atoms with Gasteiger partial charge in [-0.25, -0.2) is 4.99 Å². The molecule has 1 fully saturated rings. The molecule has 0 aliphatic carbocycles. The Hall–Kier alpha value is -2.59. The van der Waals surface area contributed by atoms with Crippen molar-refractivity contribution >= 4 is 11.6 Å². The van der Waals surface area contributed by atoms with E-state index >= 15 is 0 Å². The van der Waals surface area contributed by atoms with Gasteiger partial charge in [0.15, 0.2) is 5.90 Å². The second kappa shape index (κ2) is 9.20. The van der Waals surface area contributed by atoms with Gasteiger partial charge in [0, 0.05) is 13.1 Å². The van der Waals surface area contributed by atoms with E-state index in [1.165, 1.54) is 5.56 Å². The summed E-state index contributed by atoms with van der Waals surface area (Å²) in [7, 11) is 1.66. The van der Waals surface area contributed by atoms with E-state index < -0.39 is 0 Å². The highest BCUT2D eigenvalue weighted by Gasteiger charge is 2.24. The third-order valence-corrected chi connectivity index (χ3v) is 4.49. The zero-order valence-electron chi connectivity index (χ0n) is 15.3. The first-order valence-corrected chi connectivity index (χ1v) is 9.05. The second-order valence-corrected chi connectivity index (χ2v) is 6.42. The highest BCUT2D eigenvalue weighted by Crippen LogP contribution is 2.20. The molecule has 1 heterocycles. The van der Waals surface area contributed by atoms with Gasteiger partial charge in [-0.2, -0.15) is 0 Å². The lowest BCUT2D eigenvalue weighted by atomic mass is 10.0. The Kier molecular flexibility index (Phi) is 6.45. The van der Waals surface area contributed by atoms with Crippen LogP contribution in [-0.2, 0) is 11.2 Å². The van der Waals surface area contributed by atoms with Crippen molar-refractivity contribution in [3.63, 3.8) is 0 Å². The van der Waals surface area contributed by atoms with Crippen molar-refractivity contribution in [3.05, 3.63) is 72.3 Å². The Bertz CT molecular complexity index is 734. The summed E-state index contributed by atoms with van der Waals surface area (Å²) < 4.78 is 11.2. The summed E-state index contributed by atoms with van der Waals surface area (Å²) in [6.45, 7) is 6.59. The fraction of sp³-hybridized carbons (Fsp3) is 0.318. The van der Waals surface area contributed by atoms with Crippen LogP contribution < -0.4 is 10.1 Å². The lowest BCUT2D eigenvalue weighted by Crippen LogP contribution is -2.47. The summed E-state index contributed by atoms with van der Waals surface area (Å²) in [6.07, 6.45) is 2.02. The first-order chi connectivity index (χ1) is 12.8. The van der Waals surface area contributed by atoms with Crippen LogP contribution in [-0.4, -0.2) is 32.7 Å². The number of nitrogens with zero attached hydrogens (tertiary/aromatic N) is 1. The summed E-state index contributed by atoms with van der Waals surface area (Å²) in [4.78, 5) is 4.55. The van der Waals surface area contributed by atoms with Crippen LogP contribution in [0, 0.1) is 5.92 Å². The number of benzene rings is 2. The number of ether oxygens (including phenoxy) is 2. The van der Waals surface area contributed by atoms with Gasteiger partial charge in [-0.05, 0) is 48.2 Å². The molecule has 1 N–H and O–H groups in total. The van der Waals surface area contributed by atoms with E-state index in [1.54, 1.807) is 7.11 Å². The molecule has 26 heavy (non-hydrogen) atoms. The molecule has 2 aromatic rings. The first-order valence-electron chi connectivity index (χ1n) is 9.05. The van der Waals surface area contributed by atoms with Crippen molar-refractivity contribution in [2.24, 2.45) is 10.9 Å². The smallest absolute Gasteiger partial charge is 0.193 e. The molecule has 4 nitrogen and oxygen atoms in total. The summed E-state index contributed by atoms with van der Waals surface area (Å²) in [6, 6.07) is 18.4. The van der Waals surface area contributed by atoms with E-state index in [9.17, 15) is 0 Å². The third-order valence-electron chi connectivity index (χ3n) is 4.49. The molecular formula is C22H26N2O2. The fourth-order valence-corrected chi connectivity index (χ4v) is 2.82. The molecule has 0 saturated carbocycles. The summed E-state index contributed by atoms with van der Waals surface area (Å²) in [5.41, 5.74) is 3.03. The van der Waals surface area contributed by atoms with Gasteiger partial charge in [0.05, 0.1) is 25.3 Å². The SMILES string of the molecule is C=C(N=C(OC)C1CNC1)c1ccc(OCCCc2ccccc2)cc1. The molecule has 2 aromatic carbocycles. The number of nitrogens with one attached hydrogen (secondary N) is 1. The van der Waals surface area contributed by atoms with Gasteiger partial charge in [0.25, 0.3) is 0 Å². The maximum Gasteiger partial charge on any atom is 0.193 e. The molecule has 0 amide bonds. The molecule has 0 unspecified atom stereocenters. The van der Waals surface area contributed by atoms with Crippen molar-refractivity contribution in [2.45, 2.75) is 12.8 Å².